The first-order chi connectivity index (χ1) is 15.4. The minimum absolute atomic E-state index is 0.00699. The summed E-state index contributed by atoms with van der Waals surface area (Å²) in [5.74, 6) is -1.28. The van der Waals surface area contributed by atoms with Gasteiger partial charge >= 0.3 is 0 Å². The number of pyridine rings is 1. The lowest BCUT2D eigenvalue weighted by atomic mass is 10.1. The Bertz CT molecular complexity index is 1230. The first-order valence-electron chi connectivity index (χ1n) is 10.6. The molecule has 8 nitrogen and oxygen atoms in total. The molecule has 0 saturated carbocycles. The van der Waals surface area contributed by atoms with E-state index in [1.807, 2.05) is 13.8 Å². The van der Waals surface area contributed by atoms with Crippen LogP contribution in [-0.2, 0) is 6.54 Å². The fourth-order valence-corrected chi connectivity index (χ4v) is 3.82. The number of nitrogens with zero attached hydrogens (tertiary/aromatic N) is 5. The Morgan fingerprint density at radius 2 is 1.66 bits per heavy atom. The summed E-state index contributed by atoms with van der Waals surface area (Å²) in [7, 11) is 0. The summed E-state index contributed by atoms with van der Waals surface area (Å²) in [6.07, 6.45) is 1.59. The van der Waals surface area contributed by atoms with E-state index in [2.05, 4.69) is 9.97 Å². The van der Waals surface area contributed by atoms with E-state index in [1.54, 1.807) is 24.4 Å². The van der Waals surface area contributed by atoms with Crippen molar-refractivity contribution in [2.24, 2.45) is 5.92 Å². The molecular formula is C23H24FN5O3. The third kappa shape index (κ3) is 4.10. The Labute approximate surface area is 184 Å². The predicted molar refractivity (Wildman–Crippen MR) is 117 cm³/mol. The molecule has 0 N–H and O–H groups in total. The maximum atomic E-state index is 14.0. The van der Waals surface area contributed by atoms with Crippen LogP contribution < -0.4 is 5.56 Å². The second-order valence-corrected chi connectivity index (χ2v) is 8.18. The number of carbonyl (C=O) groups excluding carboxylic acids is 2. The van der Waals surface area contributed by atoms with E-state index in [4.69, 9.17) is 0 Å². The Balaban J connectivity index is 1.56. The zero-order chi connectivity index (χ0) is 22.8. The van der Waals surface area contributed by atoms with Crippen molar-refractivity contribution in [1.29, 1.82) is 0 Å². The highest BCUT2D eigenvalue weighted by molar-refractivity contribution is 5.96. The summed E-state index contributed by atoms with van der Waals surface area (Å²) >= 11 is 0. The van der Waals surface area contributed by atoms with Crippen LogP contribution in [0.15, 0.2) is 47.4 Å². The third-order valence-corrected chi connectivity index (χ3v) is 5.41. The first-order valence-corrected chi connectivity index (χ1v) is 10.6. The molecule has 1 aromatic carbocycles. The molecule has 166 valence electrons. The topological polar surface area (TPSA) is 88.4 Å². The zero-order valence-electron chi connectivity index (χ0n) is 18.0. The monoisotopic (exact) mass is 437 g/mol. The van der Waals surface area contributed by atoms with Crippen LogP contribution in [0.5, 0.6) is 0 Å². The molecule has 2 amide bonds. The summed E-state index contributed by atoms with van der Waals surface area (Å²) in [5.41, 5.74) is 0.305. The van der Waals surface area contributed by atoms with Crippen LogP contribution in [0.3, 0.4) is 0 Å². The van der Waals surface area contributed by atoms with Gasteiger partial charge in [-0.3, -0.25) is 19.0 Å². The van der Waals surface area contributed by atoms with Gasteiger partial charge in [0.15, 0.2) is 11.3 Å². The van der Waals surface area contributed by atoms with Crippen LogP contribution in [0.25, 0.3) is 11.2 Å². The molecular weight excluding hydrogens is 413 g/mol. The zero-order valence-corrected chi connectivity index (χ0v) is 18.0. The SMILES string of the molecule is CC(C)Cn1c(=O)c(C(=O)N2CCN(C(=O)c3ccccc3F)CC2)nc2cccnc21. The second-order valence-electron chi connectivity index (χ2n) is 8.18. The predicted octanol–water partition coefficient (Wildman–Crippen LogP) is 2.18. The lowest BCUT2D eigenvalue weighted by Gasteiger charge is -2.34. The molecule has 2 aromatic heterocycles. The Kier molecular flexibility index (Phi) is 5.98. The number of carbonyl (C=O) groups is 2. The first kappa shape index (κ1) is 21.6. The molecule has 0 radical (unpaired) electrons. The van der Waals surface area contributed by atoms with E-state index in [9.17, 15) is 18.8 Å². The van der Waals surface area contributed by atoms with E-state index in [-0.39, 0.29) is 43.4 Å². The second kappa shape index (κ2) is 8.86. The van der Waals surface area contributed by atoms with Crippen molar-refractivity contribution < 1.29 is 14.0 Å². The fourth-order valence-electron chi connectivity index (χ4n) is 3.82. The maximum absolute atomic E-state index is 14.0. The third-order valence-electron chi connectivity index (χ3n) is 5.41. The van der Waals surface area contributed by atoms with Crippen molar-refractivity contribution in [1.82, 2.24) is 24.3 Å². The number of fused-ring (bicyclic) bond motifs is 1. The van der Waals surface area contributed by atoms with Gasteiger partial charge in [0.05, 0.1) is 5.56 Å². The largest absolute Gasteiger partial charge is 0.335 e. The van der Waals surface area contributed by atoms with Crippen LogP contribution in [0.4, 0.5) is 4.39 Å². The quantitative estimate of drug-likeness (QED) is 0.624. The van der Waals surface area contributed by atoms with E-state index < -0.39 is 23.2 Å². The normalized spacial score (nSPS) is 14.2. The van der Waals surface area contributed by atoms with Crippen molar-refractivity contribution in [2.75, 3.05) is 26.2 Å². The maximum Gasteiger partial charge on any atom is 0.283 e. The van der Waals surface area contributed by atoms with Gasteiger partial charge in [-0.15, -0.1) is 0 Å². The van der Waals surface area contributed by atoms with Gasteiger partial charge in [-0.2, -0.15) is 0 Å². The molecule has 0 bridgehead atoms. The van der Waals surface area contributed by atoms with Crippen molar-refractivity contribution >= 4 is 23.0 Å². The van der Waals surface area contributed by atoms with Crippen LogP contribution in [0, 0.1) is 11.7 Å². The Morgan fingerprint density at radius 3 is 2.31 bits per heavy atom. The van der Waals surface area contributed by atoms with Crippen LogP contribution in [-0.4, -0.2) is 62.3 Å². The highest BCUT2D eigenvalue weighted by Gasteiger charge is 2.29. The van der Waals surface area contributed by atoms with E-state index in [1.165, 1.54) is 32.6 Å². The van der Waals surface area contributed by atoms with Gasteiger partial charge in [0.1, 0.15) is 11.3 Å². The number of halogens is 1. The number of hydrogen-bond donors (Lipinski definition) is 0. The molecule has 9 heteroatoms. The smallest absolute Gasteiger partial charge is 0.283 e. The molecule has 3 heterocycles. The lowest BCUT2D eigenvalue weighted by molar-refractivity contribution is 0.0528. The summed E-state index contributed by atoms with van der Waals surface area (Å²) in [6, 6.07) is 9.26. The van der Waals surface area contributed by atoms with Crippen molar-refractivity contribution in [3.8, 4) is 0 Å². The highest BCUT2D eigenvalue weighted by atomic mass is 19.1. The number of aromatic nitrogens is 3. The summed E-state index contributed by atoms with van der Waals surface area (Å²) in [4.78, 5) is 50.5. The van der Waals surface area contributed by atoms with E-state index in [0.717, 1.165) is 0 Å². The van der Waals surface area contributed by atoms with Crippen molar-refractivity contribution in [3.63, 3.8) is 0 Å². The summed E-state index contributed by atoms with van der Waals surface area (Å²) in [6.45, 7) is 5.33. The Hall–Kier alpha value is -3.62. The lowest BCUT2D eigenvalue weighted by Crippen LogP contribution is -2.51. The minimum Gasteiger partial charge on any atom is -0.335 e. The number of benzene rings is 1. The average Bonchev–Trinajstić information content (AvgIpc) is 2.80. The minimum atomic E-state index is -0.573. The van der Waals surface area contributed by atoms with E-state index >= 15 is 0 Å². The van der Waals surface area contributed by atoms with Gasteiger partial charge in [0.2, 0.25) is 0 Å². The van der Waals surface area contributed by atoms with Crippen LogP contribution in [0.1, 0.15) is 34.7 Å². The molecule has 4 rings (SSSR count). The average molecular weight is 437 g/mol. The van der Waals surface area contributed by atoms with E-state index in [0.29, 0.717) is 17.7 Å². The number of piperazine rings is 1. The van der Waals surface area contributed by atoms with Crippen LogP contribution >= 0.6 is 0 Å². The Morgan fingerprint density at radius 1 is 1.00 bits per heavy atom. The summed E-state index contributed by atoms with van der Waals surface area (Å²) < 4.78 is 15.5. The van der Waals surface area contributed by atoms with Crippen molar-refractivity contribution in [2.45, 2.75) is 20.4 Å². The van der Waals surface area contributed by atoms with Gasteiger partial charge in [0.25, 0.3) is 17.4 Å². The van der Waals surface area contributed by atoms with Gasteiger partial charge < -0.3 is 9.80 Å². The fraction of sp³-hybridized carbons (Fsp3) is 0.348. The molecule has 1 fully saturated rings. The van der Waals surface area contributed by atoms with Gasteiger partial charge in [-0.25, -0.2) is 14.4 Å². The highest BCUT2D eigenvalue weighted by Crippen LogP contribution is 2.14. The molecule has 1 aliphatic rings. The molecule has 0 atom stereocenters. The number of rotatable bonds is 4. The number of amides is 2. The van der Waals surface area contributed by atoms with Crippen molar-refractivity contribution in [3.05, 3.63) is 70.0 Å². The molecule has 1 aliphatic heterocycles. The number of hydrogen-bond acceptors (Lipinski definition) is 5. The molecule has 0 spiro atoms. The molecule has 3 aromatic rings. The summed E-state index contributed by atoms with van der Waals surface area (Å²) in [5, 5.41) is 0. The molecule has 0 aliphatic carbocycles. The standard InChI is InChI=1S/C23H24FN5O3/c1-15(2)14-29-20-18(8-5-9-25-20)26-19(23(29)32)22(31)28-12-10-27(11-13-28)21(30)16-6-3-4-7-17(16)24/h3-9,15H,10-14H2,1-2H3. The molecule has 0 unspecified atom stereocenters. The molecule has 1 saturated heterocycles. The van der Waals surface area contributed by atoms with Gasteiger partial charge in [-0.1, -0.05) is 26.0 Å². The van der Waals surface area contributed by atoms with Gasteiger partial charge in [-0.05, 0) is 30.2 Å². The molecule has 32 heavy (non-hydrogen) atoms. The van der Waals surface area contributed by atoms with Gasteiger partial charge in [0, 0.05) is 38.9 Å². The van der Waals surface area contributed by atoms with Crippen LogP contribution in [0.2, 0.25) is 0 Å².